The van der Waals surface area contributed by atoms with Crippen molar-refractivity contribution in [2.24, 2.45) is 0 Å². The third-order valence-electron chi connectivity index (χ3n) is 2.04. The molecule has 0 aliphatic carbocycles. The van der Waals surface area contributed by atoms with Crippen LogP contribution in [0.3, 0.4) is 0 Å². The molecule has 0 aliphatic rings. The van der Waals surface area contributed by atoms with Gasteiger partial charge in [0, 0.05) is 8.95 Å². The van der Waals surface area contributed by atoms with Gasteiger partial charge in [-0.25, -0.2) is 4.79 Å². The number of rotatable bonds is 3. The summed E-state index contributed by atoms with van der Waals surface area (Å²) in [6, 6.07) is 5.52. The van der Waals surface area contributed by atoms with E-state index in [1.807, 2.05) is 18.2 Å². The number of hydrogen-bond acceptors (Lipinski definition) is 5. The molecule has 0 fully saturated rings. The molecule has 0 bridgehead atoms. The summed E-state index contributed by atoms with van der Waals surface area (Å²) in [4.78, 5) is 15.4. The summed E-state index contributed by atoms with van der Waals surface area (Å²) in [6.07, 6.45) is 0. The van der Waals surface area contributed by atoms with E-state index < -0.39 is 5.97 Å². The molecular formula is C11H8Br2N2O3. The predicted molar refractivity (Wildman–Crippen MR) is 71.1 cm³/mol. The lowest BCUT2D eigenvalue weighted by Gasteiger charge is -1.99. The number of carbonyl (C=O) groups is 1. The molecule has 0 N–H and O–H groups in total. The van der Waals surface area contributed by atoms with Crippen molar-refractivity contribution in [3.8, 4) is 11.5 Å². The number of aromatic nitrogens is 2. The molecule has 1 aromatic heterocycles. The number of hydrogen-bond donors (Lipinski definition) is 0. The zero-order valence-electron chi connectivity index (χ0n) is 9.31. The second-order valence-electron chi connectivity index (χ2n) is 3.27. The Morgan fingerprint density at radius 1 is 1.44 bits per heavy atom. The van der Waals surface area contributed by atoms with E-state index in [2.05, 4.69) is 42.0 Å². The first-order chi connectivity index (χ1) is 8.61. The molecule has 7 heteroatoms. The number of nitrogens with zero attached hydrogens (tertiary/aromatic N) is 2. The number of halogens is 2. The van der Waals surface area contributed by atoms with Crippen LogP contribution in [0, 0.1) is 0 Å². The summed E-state index contributed by atoms with van der Waals surface area (Å²) in [7, 11) is 0. The highest BCUT2D eigenvalue weighted by atomic mass is 79.9. The van der Waals surface area contributed by atoms with Crippen molar-refractivity contribution in [2.75, 3.05) is 6.61 Å². The molecule has 2 rings (SSSR count). The number of benzene rings is 1. The standard InChI is InChI=1S/C11H8Br2N2O3/c1-2-17-11(16)9-14-10(18-15-9)7-5-6(12)3-4-8(7)13/h3-5H,2H2,1H3. The van der Waals surface area contributed by atoms with Crippen LogP contribution >= 0.6 is 31.9 Å². The molecule has 94 valence electrons. The smallest absolute Gasteiger partial charge is 0.379 e. The Morgan fingerprint density at radius 3 is 2.94 bits per heavy atom. The van der Waals surface area contributed by atoms with Crippen molar-refractivity contribution in [2.45, 2.75) is 6.92 Å². The Balaban J connectivity index is 2.35. The first-order valence-electron chi connectivity index (χ1n) is 5.08. The molecule has 2 aromatic rings. The van der Waals surface area contributed by atoms with Crippen LogP contribution in [0.2, 0.25) is 0 Å². The molecule has 0 saturated carbocycles. The lowest BCUT2D eigenvalue weighted by molar-refractivity contribution is 0.0508. The lowest BCUT2D eigenvalue weighted by Crippen LogP contribution is -2.06. The maximum atomic E-state index is 11.4. The normalized spacial score (nSPS) is 10.4. The fourth-order valence-electron chi connectivity index (χ4n) is 1.27. The second kappa shape index (κ2) is 5.62. The van der Waals surface area contributed by atoms with Gasteiger partial charge in [-0.15, -0.1) is 0 Å². The van der Waals surface area contributed by atoms with Crippen molar-refractivity contribution in [3.05, 3.63) is 33.0 Å². The first-order valence-corrected chi connectivity index (χ1v) is 6.66. The molecule has 1 aromatic carbocycles. The molecule has 0 unspecified atom stereocenters. The Bertz CT molecular complexity index is 583. The van der Waals surface area contributed by atoms with Crippen molar-refractivity contribution in [1.29, 1.82) is 0 Å². The van der Waals surface area contributed by atoms with Crippen molar-refractivity contribution in [3.63, 3.8) is 0 Å². The van der Waals surface area contributed by atoms with Gasteiger partial charge in [-0.05, 0) is 46.2 Å². The van der Waals surface area contributed by atoms with Crippen LogP contribution in [0.1, 0.15) is 17.5 Å². The van der Waals surface area contributed by atoms with Gasteiger partial charge >= 0.3 is 5.97 Å². The predicted octanol–water partition coefficient (Wildman–Crippen LogP) is 3.44. The minimum Gasteiger partial charge on any atom is -0.460 e. The quantitative estimate of drug-likeness (QED) is 0.769. The zero-order valence-corrected chi connectivity index (χ0v) is 12.5. The number of esters is 1. The largest absolute Gasteiger partial charge is 0.460 e. The molecule has 1 heterocycles. The van der Waals surface area contributed by atoms with Crippen LogP contribution < -0.4 is 0 Å². The Kier molecular flexibility index (Phi) is 4.13. The van der Waals surface area contributed by atoms with E-state index >= 15 is 0 Å². The third-order valence-corrected chi connectivity index (χ3v) is 3.23. The maximum absolute atomic E-state index is 11.4. The molecule has 0 atom stereocenters. The summed E-state index contributed by atoms with van der Waals surface area (Å²) in [5.74, 6) is -0.427. The van der Waals surface area contributed by atoms with E-state index in [0.717, 1.165) is 8.95 Å². The highest BCUT2D eigenvalue weighted by Gasteiger charge is 2.18. The van der Waals surface area contributed by atoms with Crippen molar-refractivity contribution < 1.29 is 14.1 Å². The van der Waals surface area contributed by atoms with E-state index in [0.29, 0.717) is 5.56 Å². The van der Waals surface area contributed by atoms with Crippen molar-refractivity contribution in [1.82, 2.24) is 10.1 Å². The van der Waals surface area contributed by atoms with Gasteiger partial charge in [0.15, 0.2) is 0 Å². The van der Waals surface area contributed by atoms with Gasteiger partial charge in [0.05, 0.1) is 12.2 Å². The van der Waals surface area contributed by atoms with Gasteiger partial charge in [-0.3, -0.25) is 0 Å². The van der Waals surface area contributed by atoms with Gasteiger partial charge in [-0.2, -0.15) is 4.98 Å². The van der Waals surface area contributed by atoms with E-state index in [-0.39, 0.29) is 18.3 Å². The van der Waals surface area contributed by atoms with Crippen LogP contribution in [0.5, 0.6) is 0 Å². The Morgan fingerprint density at radius 2 is 2.22 bits per heavy atom. The number of carbonyl (C=O) groups excluding carboxylic acids is 1. The minimum atomic E-state index is -0.599. The fourth-order valence-corrected chi connectivity index (χ4v) is 2.05. The topological polar surface area (TPSA) is 65.2 Å². The highest BCUT2D eigenvalue weighted by Crippen LogP contribution is 2.29. The van der Waals surface area contributed by atoms with Gasteiger partial charge < -0.3 is 9.26 Å². The number of ether oxygens (including phenoxy) is 1. The highest BCUT2D eigenvalue weighted by molar-refractivity contribution is 9.11. The zero-order chi connectivity index (χ0) is 13.1. The summed E-state index contributed by atoms with van der Waals surface area (Å²) < 4.78 is 11.5. The second-order valence-corrected chi connectivity index (χ2v) is 5.04. The molecule has 0 aliphatic heterocycles. The lowest BCUT2D eigenvalue weighted by atomic mass is 10.2. The van der Waals surface area contributed by atoms with Gasteiger partial charge in [0.25, 0.3) is 11.7 Å². The van der Waals surface area contributed by atoms with Crippen LogP contribution in [0.25, 0.3) is 11.5 Å². The molecule has 0 amide bonds. The van der Waals surface area contributed by atoms with E-state index in [1.54, 1.807) is 6.92 Å². The Hall–Kier alpha value is -1.21. The van der Waals surface area contributed by atoms with Crippen LogP contribution in [0.4, 0.5) is 0 Å². The molecule has 5 nitrogen and oxygen atoms in total. The first kappa shape index (κ1) is 13.2. The van der Waals surface area contributed by atoms with Crippen LogP contribution in [0.15, 0.2) is 31.7 Å². The van der Waals surface area contributed by atoms with Gasteiger partial charge in [0.2, 0.25) is 0 Å². The van der Waals surface area contributed by atoms with Gasteiger partial charge in [0.1, 0.15) is 0 Å². The monoisotopic (exact) mass is 374 g/mol. The summed E-state index contributed by atoms with van der Waals surface area (Å²) in [6.45, 7) is 1.98. The van der Waals surface area contributed by atoms with E-state index in [9.17, 15) is 4.79 Å². The maximum Gasteiger partial charge on any atom is 0.379 e. The summed E-state index contributed by atoms with van der Waals surface area (Å²) in [5, 5.41) is 3.59. The SMILES string of the molecule is CCOC(=O)c1noc(-c2cc(Br)ccc2Br)n1. The molecule has 0 radical (unpaired) electrons. The van der Waals surface area contributed by atoms with Crippen LogP contribution in [-0.2, 0) is 4.74 Å². The fraction of sp³-hybridized carbons (Fsp3) is 0.182. The van der Waals surface area contributed by atoms with Crippen molar-refractivity contribution >= 4 is 37.8 Å². The average Bonchev–Trinajstić information content (AvgIpc) is 2.82. The Labute approximate surface area is 120 Å². The van der Waals surface area contributed by atoms with E-state index in [4.69, 9.17) is 9.26 Å². The summed E-state index contributed by atoms with van der Waals surface area (Å²) >= 11 is 6.73. The summed E-state index contributed by atoms with van der Waals surface area (Å²) in [5.41, 5.74) is 0.701. The molecule has 0 spiro atoms. The third kappa shape index (κ3) is 2.78. The molecular weight excluding hydrogens is 368 g/mol. The van der Waals surface area contributed by atoms with E-state index in [1.165, 1.54) is 0 Å². The minimum absolute atomic E-state index is 0.0845. The van der Waals surface area contributed by atoms with Gasteiger partial charge in [-0.1, -0.05) is 15.9 Å². The average molecular weight is 376 g/mol. The molecule has 18 heavy (non-hydrogen) atoms. The molecule has 0 saturated heterocycles. The van der Waals surface area contributed by atoms with Crippen LogP contribution in [-0.4, -0.2) is 22.7 Å².